The molecule has 4 N–H and O–H groups in total. The van der Waals surface area contributed by atoms with Crippen LogP contribution in [-0.2, 0) is 31.1 Å². The number of aliphatic carboxylic acids is 1. The first-order chi connectivity index (χ1) is 11.2. The van der Waals surface area contributed by atoms with Crippen LogP contribution in [-0.4, -0.2) is 44.6 Å². The van der Waals surface area contributed by atoms with Crippen LogP contribution in [0.25, 0.3) is 0 Å². The summed E-state index contributed by atoms with van der Waals surface area (Å²) in [6, 6.07) is 5.79. The predicted molar refractivity (Wildman–Crippen MR) is 81.9 cm³/mol. The molecule has 0 aliphatic heterocycles. The number of urea groups is 1. The Morgan fingerprint density at radius 2 is 1.83 bits per heavy atom. The number of carbonyl (C=O) groups excluding carboxylic acids is 2. The van der Waals surface area contributed by atoms with Crippen molar-refractivity contribution in [3.63, 3.8) is 0 Å². The van der Waals surface area contributed by atoms with Crippen LogP contribution in [0.4, 0.5) is 4.79 Å². The van der Waals surface area contributed by atoms with Crippen molar-refractivity contribution in [2.24, 2.45) is 0 Å². The lowest BCUT2D eigenvalue weighted by molar-refractivity contribution is -0.147. The quantitative estimate of drug-likeness (QED) is 0.450. The summed E-state index contributed by atoms with van der Waals surface area (Å²) in [6.45, 7) is -0.0565. The summed E-state index contributed by atoms with van der Waals surface area (Å²) < 4.78 is 31.6. The summed E-state index contributed by atoms with van der Waals surface area (Å²) in [6.07, 6.45) is -0.752. The van der Waals surface area contributed by atoms with Crippen LogP contribution in [0.3, 0.4) is 0 Å². The SMILES string of the molecule is COC(=O)[C@H](CC(=O)O)NC(=O)NS(=O)(=O)NCc1ccccc1. The highest BCUT2D eigenvalue weighted by Crippen LogP contribution is 1.99. The zero-order chi connectivity index (χ0) is 18.2. The molecule has 0 fully saturated rings. The Bertz CT molecular complexity index is 691. The Kier molecular flexibility index (Phi) is 7.14. The van der Waals surface area contributed by atoms with E-state index in [2.05, 4.69) is 9.46 Å². The van der Waals surface area contributed by atoms with E-state index in [-0.39, 0.29) is 6.54 Å². The van der Waals surface area contributed by atoms with Gasteiger partial charge >= 0.3 is 28.2 Å². The second-order valence-corrected chi connectivity index (χ2v) is 6.06. The molecule has 1 aromatic rings. The van der Waals surface area contributed by atoms with Crippen molar-refractivity contribution in [2.75, 3.05) is 7.11 Å². The van der Waals surface area contributed by atoms with E-state index >= 15 is 0 Å². The maximum atomic E-state index is 11.7. The fraction of sp³-hybridized carbons (Fsp3) is 0.308. The zero-order valence-electron chi connectivity index (χ0n) is 12.7. The van der Waals surface area contributed by atoms with E-state index < -0.39 is 40.6 Å². The number of carboxylic acids is 1. The summed E-state index contributed by atoms with van der Waals surface area (Å²) in [5, 5.41) is 10.6. The Hall–Kier alpha value is -2.66. The molecule has 0 aliphatic rings. The van der Waals surface area contributed by atoms with Crippen LogP contribution in [0.2, 0.25) is 0 Å². The minimum absolute atomic E-state index is 0.0565. The summed E-state index contributed by atoms with van der Waals surface area (Å²) in [5.74, 6) is -2.38. The van der Waals surface area contributed by atoms with Gasteiger partial charge in [0.05, 0.1) is 13.5 Å². The summed E-state index contributed by atoms with van der Waals surface area (Å²) in [7, 11) is -3.19. The average Bonchev–Trinajstić information content (AvgIpc) is 2.51. The van der Waals surface area contributed by atoms with Crippen LogP contribution in [0.5, 0.6) is 0 Å². The topological polar surface area (TPSA) is 151 Å². The number of nitrogens with one attached hydrogen (secondary N) is 3. The molecule has 24 heavy (non-hydrogen) atoms. The first-order valence-corrected chi connectivity index (χ1v) is 8.13. The van der Waals surface area contributed by atoms with Crippen molar-refractivity contribution in [1.29, 1.82) is 0 Å². The number of hydrogen-bond acceptors (Lipinski definition) is 6. The second-order valence-electron chi connectivity index (χ2n) is 4.56. The van der Waals surface area contributed by atoms with Gasteiger partial charge in [0, 0.05) is 6.54 Å². The molecule has 1 aromatic carbocycles. The minimum atomic E-state index is -4.20. The highest BCUT2D eigenvalue weighted by atomic mass is 32.2. The predicted octanol–water partition coefficient (Wildman–Crippen LogP) is -0.663. The lowest BCUT2D eigenvalue weighted by Gasteiger charge is -2.15. The lowest BCUT2D eigenvalue weighted by atomic mass is 10.2. The molecule has 0 aromatic heterocycles. The number of benzene rings is 1. The van der Waals surface area contributed by atoms with Gasteiger partial charge < -0.3 is 15.2 Å². The Morgan fingerprint density at radius 1 is 1.21 bits per heavy atom. The third-order valence-electron chi connectivity index (χ3n) is 2.71. The number of methoxy groups -OCH3 is 1. The van der Waals surface area contributed by atoms with Gasteiger partial charge in [0.2, 0.25) is 0 Å². The Balaban J connectivity index is 2.60. The molecule has 0 heterocycles. The molecular formula is C13H17N3O7S. The Labute approximate surface area is 138 Å². The van der Waals surface area contributed by atoms with Gasteiger partial charge in [-0.1, -0.05) is 30.3 Å². The van der Waals surface area contributed by atoms with Gasteiger partial charge in [0.1, 0.15) is 6.04 Å². The van der Waals surface area contributed by atoms with E-state index in [4.69, 9.17) is 5.11 Å². The maximum absolute atomic E-state index is 11.7. The van der Waals surface area contributed by atoms with Gasteiger partial charge in [-0.3, -0.25) is 4.79 Å². The third kappa shape index (κ3) is 7.07. The van der Waals surface area contributed by atoms with Crippen LogP contribution in [0.15, 0.2) is 30.3 Å². The number of carboxylic acid groups (broad SMARTS) is 1. The van der Waals surface area contributed by atoms with Gasteiger partial charge in [-0.2, -0.15) is 13.1 Å². The molecule has 0 saturated carbocycles. The second kappa shape index (κ2) is 8.84. The molecule has 0 saturated heterocycles. The van der Waals surface area contributed by atoms with E-state index in [9.17, 15) is 22.8 Å². The zero-order valence-corrected chi connectivity index (χ0v) is 13.5. The largest absolute Gasteiger partial charge is 0.481 e. The number of esters is 1. The van der Waals surface area contributed by atoms with E-state index in [1.807, 2.05) is 5.32 Å². The smallest absolute Gasteiger partial charge is 0.330 e. The average molecular weight is 359 g/mol. The third-order valence-corrected chi connectivity index (χ3v) is 3.68. The summed E-state index contributed by atoms with van der Waals surface area (Å²) in [5.41, 5.74) is 0.668. The molecule has 11 heteroatoms. The number of hydrogen-bond donors (Lipinski definition) is 4. The molecule has 0 spiro atoms. The van der Waals surface area contributed by atoms with E-state index in [0.717, 1.165) is 7.11 Å². The molecule has 0 aliphatic carbocycles. The molecule has 0 unspecified atom stereocenters. The highest BCUT2D eigenvalue weighted by molar-refractivity contribution is 7.88. The van der Waals surface area contributed by atoms with Gasteiger partial charge in [0.25, 0.3) is 0 Å². The molecule has 1 rings (SSSR count). The summed E-state index contributed by atoms with van der Waals surface area (Å²) >= 11 is 0. The minimum Gasteiger partial charge on any atom is -0.481 e. The van der Waals surface area contributed by atoms with Gasteiger partial charge in [0.15, 0.2) is 0 Å². The van der Waals surface area contributed by atoms with Crippen molar-refractivity contribution in [3.05, 3.63) is 35.9 Å². The van der Waals surface area contributed by atoms with Gasteiger partial charge in [-0.15, -0.1) is 0 Å². The van der Waals surface area contributed by atoms with Crippen molar-refractivity contribution in [1.82, 2.24) is 14.8 Å². The summed E-state index contributed by atoms with van der Waals surface area (Å²) in [4.78, 5) is 33.7. The first kappa shape index (κ1) is 19.4. The van der Waals surface area contributed by atoms with Crippen LogP contribution < -0.4 is 14.8 Å². The van der Waals surface area contributed by atoms with Crippen LogP contribution >= 0.6 is 0 Å². The molecule has 132 valence electrons. The molecule has 2 amide bonds. The van der Waals surface area contributed by atoms with Crippen molar-refractivity contribution >= 4 is 28.2 Å². The van der Waals surface area contributed by atoms with Crippen LogP contribution in [0, 0.1) is 0 Å². The van der Waals surface area contributed by atoms with Gasteiger partial charge in [-0.05, 0) is 5.56 Å². The lowest BCUT2D eigenvalue weighted by Crippen LogP contribution is -2.51. The van der Waals surface area contributed by atoms with E-state index in [0.29, 0.717) is 5.56 Å². The normalized spacial score (nSPS) is 12.0. The Morgan fingerprint density at radius 3 is 2.38 bits per heavy atom. The molecule has 10 nitrogen and oxygen atoms in total. The van der Waals surface area contributed by atoms with Gasteiger partial charge in [-0.25, -0.2) is 14.3 Å². The molecular weight excluding hydrogens is 342 g/mol. The molecule has 1 atom stereocenters. The number of rotatable bonds is 8. The standard InChI is InChI=1S/C13H17N3O7S/c1-23-12(19)10(7-11(17)18)15-13(20)16-24(21,22)14-8-9-5-3-2-4-6-9/h2-6,10,14H,7-8H2,1H3,(H,17,18)(H2,15,16,20)/t10-/m0/s1. The number of carbonyl (C=O) groups is 3. The fourth-order valence-corrected chi connectivity index (χ4v) is 2.36. The molecule has 0 bridgehead atoms. The van der Waals surface area contributed by atoms with E-state index in [1.165, 1.54) is 0 Å². The molecule has 0 radical (unpaired) electrons. The maximum Gasteiger partial charge on any atom is 0.330 e. The fourth-order valence-electron chi connectivity index (χ4n) is 1.63. The van der Waals surface area contributed by atoms with Crippen LogP contribution in [0.1, 0.15) is 12.0 Å². The number of ether oxygens (including phenoxy) is 1. The first-order valence-electron chi connectivity index (χ1n) is 6.65. The highest BCUT2D eigenvalue weighted by Gasteiger charge is 2.26. The van der Waals surface area contributed by atoms with Crippen molar-refractivity contribution < 1.29 is 32.6 Å². The van der Waals surface area contributed by atoms with Crippen molar-refractivity contribution in [3.8, 4) is 0 Å². The van der Waals surface area contributed by atoms with Crippen molar-refractivity contribution in [2.45, 2.75) is 19.0 Å². The van der Waals surface area contributed by atoms with E-state index in [1.54, 1.807) is 35.1 Å². The number of amides is 2. The monoisotopic (exact) mass is 359 g/mol.